The highest BCUT2D eigenvalue weighted by atomic mass is 35.5. The fourth-order valence-electron chi connectivity index (χ4n) is 5.59. The number of halogens is 4. The number of allylic oxidation sites excluding steroid dienone is 2. The van der Waals surface area contributed by atoms with Gasteiger partial charge < -0.3 is 10.4 Å². The lowest BCUT2D eigenvalue weighted by Gasteiger charge is -2.23. The smallest absolute Gasteiger partial charge is 0.416 e. The van der Waals surface area contributed by atoms with E-state index in [0.29, 0.717) is 48.8 Å². The van der Waals surface area contributed by atoms with Gasteiger partial charge in [-0.25, -0.2) is 4.98 Å². The number of nitrogens with zero attached hydrogens (tertiary/aromatic N) is 2. The molecule has 0 bridgehead atoms. The number of carboxylic acid groups (broad SMARTS) is 1. The number of hydrogen-bond donors (Lipinski definition) is 2. The summed E-state index contributed by atoms with van der Waals surface area (Å²) in [6, 6.07) is 14.4. The molecule has 0 spiro atoms. The Balaban J connectivity index is 0.00000405. The van der Waals surface area contributed by atoms with Crippen LogP contribution in [0.25, 0.3) is 16.7 Å². The third-order valence-corrected chi connectivity index (χ3v) is 8.10. The second-order valence-electron chi connectivity index (χ2n) is 10.8. The Morgan fingerprint density at radius 1 is 1.05 bits per heavy atom. The topological polar surface area (TPSA) is 82.5 Å². The number of aliphatic carboxylic acids is 1. The second kappa shape index (κ2) is 13.1. The minimum Gasteiger partial charge on any atom is -0.481 e. The van der Waals surface area contributed by atoms with Crippen LogP contribution in [0, 0.1) is 5.92 Å². The molecule has 1 fully saturated rings. The molecule has 2 heterocycles. The molecule has 1 aromatic heterocycles. The van der Waals surface area contributed by atoms with E-state index in [1.54, 1.807) is 24.4 Å². The Morgan fingerprint density at radius 3 is 2.31 bits per heavy atom. The number of carbonyl (C=O) groups excluding carboxylic acids is 1. The number of likely N-dealkylation sites (tertiary alicyclic amines) is 1. The zero-order chi connectivity index (χ0) is 29.1. The van der Waals surface area contributed by atoms with Gasteiger partial charge in [-0.2, -0.15) is 13.2 Å². The van der Waals surface area contributed by atoms with E-state index in [1.807, 2.05) is 18.2 Å². The lowest BCUT2D eigenvalue weighted by molar-refractivity contribution is -0.142. The SMILES string of the molecule is C[C@@H]1CCCN1Cc1cc(NC(=O)c2ccc(C3=CCC(C(=O)O)CC3)cc2)ncc1-c1ccc(C(F)(F)F)cc1.Cl. The third-order valence-electron chi connectivity index (χ3n) is 8.10. The normalized spacial score (nSPS) is 19.1. The molecule has 0 radical (unpaired) electrons. The maximum Gasteiger partial charge on any atom is 0.416 e. The number of benzene rings is 2. The largest absolute Gasteiger partial charge is 0.481 e. The van der Waals surface area contributed by atoms with Crippen molar-refractivity contribution in [3.05, 3.63) is 89.1 Å². The quantitative estimate of drug-likeness (QED) is 0.291. The summed E-state index contributed by atoms with van der Waals surface area (Å²) in [5, 5.41) is 12.1. The van der Waals surface area contributed by atoms with E-state index in [2.05, 4.69) is 22.1 Å². The highest BCUT2D eigenvalue weighted by molar-refractivity contribution is 6.04. The van der Waals surface area contributed by atoms with Crippen molar-refractivity contribution in [2.75, 3.05) is 11.9 Å². The fourth-order valence-corrected chi connectivity index (χ4v) is 5.59. The Kier molecular flexibility index (Phi) is 9.74. The first kappa shape index (κ1) is 31.3. The predicted octanol–water partition coefficient (Wildman–Crippen LogP) is 7.69. The van der Waals surface area contributed by atoms with Crippen LogP contribution < -0.4 is 5.32 Å². The van der Waals surface area contributed by atoms with E-state index < -0.39 is 17.7 Å². The van der Waals surface area contributed by atoms with Gasteiger partial charge in [-0.05, 0) is 98.2 Å². The van der Waals surface area contributed by atoms with Crippen LogP contribution in [0.2, 0.25) is 0 Å². The average Bonchev–Trinajstić information content (AvgIpc) is 3.37. The zero-order valence-electron chi connectivity index (χ0n) is 23.2. The van der Waals surface area contributed by atoms with Crippen molar-refractivity contribution >= 4 is 35.7 Å². The van der Waals surface area contributed by atoms with Crippen molar-refractivity contribution in [3.63, 3.8) is 0 Å². The molecule has 2 aromatic carbocycles. The standard InChI is InChI=1S/C32H32F3N3O3.ClH/c1-20-3-2-16-38(20)19-26-17-29(36-18-28(26)23-12-14-27(15-13-23)32(33,34)35)37-30(39)24-8-4-21(5-9-24)22-6-10-25(11-7-22)31(40)41;/h4-6,8-9,12-15,17-18,20,25H,2-3,7,10-11,16,19H2,1H3,(H,40,41)(H,36,37,39);1H/t20-,25?;/m1./s1. The first-order valence-electron chi connectivity index (χ1n) is 13.8. The Bertz CT molecular complexity index is 1460. The average molecular weight is 600 g/mol. The Hall–Kier alpha value is -3.69. The number of nitrogens with one attached hydrogen (secondary N) is 1. The van der Waals surface area contributed by atoms with E-state index in [1.165, 1.54) is 12.1 Å². The molecule has 1 unspecified atom stereocenters. The number of anilines is 1. The summed E-state index contributed by atoms with van der Waals surface area (Å²) in [6.45, 7) is 3.68. The summed E-state index contributed by atoms with van der Waals surface area (Å²) < 4.78 is 39.3. The lowest BCUT2D eigenvalue weighted by Crippen LogP contribution is -2.26. The Labute approximate surface area is 249 Å². The van der Waals surface area contributed by atoms with E-state index in [-0.39, 0.29) is 24.2 Å². The van der Waals surface area contributed by atoms with Crippen molar-refractivity contribution in [3.8, 4) is 11.1 Å². The molecular weight excluding hydrogens is 567 g/mol. The number of carboxylic acids is 1. The molecule has 2 N–H and O–H groups in total. The van der Waals surface area contributed by atoms with Gasteiger partial charge in [-0.3, -0.25) is 14.5 Å². The third kappa shape index (κ3) is 7.20. The molecule has 1 aliphatic carbocycles. The molecule has 222 valence electrons. The molecule has 2 aliphatic rings. The summed E-state index contributed by atoms with van der Waals surface area (Å²) in [5.41, 5.74) is 4.03. The minimum atomic E-state index is -4.41. The van der Waals surface area contributed by atoms with E-state index in [0.717, 1.165) is 53.8 Å². The van der Waals surface area contributed by atoms with Crippen molar-refractivity contribution in [1.82, 2.24) is 9.88 Å². The van der Waals surface area contributed by atoms with E-state index in [9.17, 15) is 27.9 Å². The number of amides is 1. The number of carbonyl (C=O) groups is 2. The van der Waals surface area contributed by atoms with E-state index >= 15 is 0 Å². The molecule has 1 saturated heterocycles. The molecular formula is C32H33ClF3N3O3. The Morgan fingerprint density at radius 2 is 1.74 bits per heavy atom. The maximum absolute atomic E-state index is 13.1. The van der Waals surface area contributed by atoms with Gasteiger partial charge in [0, 0.05) is 29.9 Å². The summed E-state index contributed by atoms with van der Waals surface area (Å²) in [4.78, 5) is 31.0. The summed E-state index contributed by atoms with van der Waals surface area (Å²) >= 11 is 0. The maximum atomic E-state index is 13.1. The fraction of sp³-hybridized carbons (Fsp3) is 0.344. The van der Waals surface area contributed by atoms with Gasteiger partial charge in [-0.15, -0.1) is 12.4 Å². The number of rotatable bonds is 7. The van der Waals surface area contributed by atoms with Crippen LogP contribution in [-0.4, -0.2) is 39.5 Å². The van der Waals surface area contributed by atoms with Crippen LogP contribution in [0.15, 0.2) is 66.9 Å². The van der Waals surface area contributed by atoms with E-state index in [4.69, 9.17) is 0 Å². The van der Waals surface area contributed by atoms with Gasteiger partial charge in [0.15, 0.2) is 0 Å². The summed E-state index contributed by atoms with van der Waals surface area (Å²) in [5.74, 6) is -1.08. The van der Waals surface area contributed by atoms with Gasteiger partial charge in [0.25, 0.3) is 5.91 Å². The summed E-state index contributed by atoms with van der Waals surface area (Å²) in [6.07, 6.45) is 3.09. The number of alkyl halides is 3. The molecule has 3 aromatic rings. The van der Waals surface area contributed by atoms with Crippen molar-refractivity contribution in [1.29, 1.82) is 0 Å². The molecule has 2 atom stereocenters. The van der Waals surface area contributed by atoms with Crippen LogP contribution in [-0.2, 0) is 17.5 Å². The highest BCUT2D eigenvalue weighted by Gasteiger charge is 2.30. The van der Waals surface area contributed by atoms with Crippen molar-refractivity contribution in [2.45, 2.75) is 57.8 Å². The first-order chi connectivity index (χ1) is 19.6. The van der Waals surface area contributed by atoms with Gasteiger partial charge >= 0.3 is 12.1 Å². The van der Waals surface area contributed by atoms with Crippen molar-refractivity contribution < 1.29 is 27.9 Å². The molecule has 1 amide bonds. The second-order valence-corrected chi connectivity index (χ2v) is 10.8. The van der Waals surface area contributed by atoms with Crippen LogP contribution in [0.4, 0.5) is 19.0 Å². The molecule has 6 nitrogen and oxygen atoms in total. The monoisotopic (exact) mass is 599 g/mol. The summed E-state index contributed by atoms with van der Waals surface area (Å²) in [7, 11) is 0. The lowest BCUT2D eigenvalue weighted by atomic mass is 9.86. The number of hydrogen-bond acceptors (Lipinski definition) is 4. The molecule has 5 rings (SSSR count). The molecule has 10 heteroatoms. The minimum absolute atomic E-state index is 0. The van der Waals surface area contributed by atoms with Crippen LogP contribution in [0.5, 0.6) is 0 Å². The number of pyridine rings is 1. The predicted molar refractivity (Wildman–Crippen MR) is 158 cm³/mol. The van der Waals surface area contributed by atoms with Crippen LogP contribution in [0.1, 0.15) is 66.1 Å². The first-order valence-corrected chi connectivity index (χ1v) is 13.8. The highest BCUT2D eigenvalue weighted by Crippen LogP contribution is 2.34. The van der Waals surface area contributed by atoms with Crippen LogP contribution >= 0.6 is 12.4 Å². The van der Waals surface area contributed by atoms with Gasteiger partial charge in [0.2, 0.25) is 0 Å². The molecule has 42 heavy (non-hydrogen) atoms. The van der Waals surface area contributed by atoms with Gasteiger partial charge in [0.1, 0.15) is 5.82 Å². The van der Waals surface area contributed by atoms with Crippen LogP contribution in [0.3, 0.4) is 0 Å². The van der Waals surface area contributed by atoms with Gasteiger partial charge in [0.05, 0.1) is 11.5 Å². The van der Waals surface area contributed by atoms with Gasteiger partial charge in [-0.1, -0.05) is 30.3 Å². The molecule has 0 saturated carbocycles. The van der Waals surface area contributed by atoms with Crippen molar-refractivity contribution in [2.24, 2.45) is 5.92 Å². The zero-order valence-corrected chi connectivity index (χ0v) is 24.0. The number of aromatic nitrogens is 1. The molecule has 1 aliphatic heterocycles.